The summed E-state index contributed by atoms with van der Waals surface area (Å²) in [5.74, 6) is 0.678. The fraction of sp³-hybridized carbons (Fsp3) is 0. The fourth-order valence-corrected chi connectivity index (χ4v) is 10.4. The number of nitrogens with zero attached hydrogens (tertiary/aromatic N) is 3. The first-order chi connectivity index (χ1) is 27.7. The van der Waals surface area contributed by atoms with E-state index >= 15 is 0 Å². The first-order valence-corrected chi connectivity index (χ1v) is 20.3. The first-order valence-electron chi connectivity index (χ1n) is 18.7. The van der Waals surface area contributed by atoms with E-state index in [0.717, 1.165) is 50.3 Å². The number of thiophene rings is 2. The maximum Gasteiger partial charge on any atom is 0.160 e. The average Bonchev–Trinajstić information content (AvgIpc) is 3.85. The highest BCUT2D eigenvalue weighted by Gasteiger charge is 2.19. The Morgan fingerprint density at radius 1 is 0.339 bits per heavy atom. The molecule has 0 aliphatic heterocycles. The molecule has 0 N–H and O–H groups in total. The summed E-state index contributed by atoms with van der Waals surface area (Å²) in [4.78, 5) is 15.2. The summed E-state index contributed by atoms with van der Waals surface area (Å²) in [6.07, 6.45) is 3.73. The lowest BCUT2D eigenvalue weighted by molar-refractivity contribution is 1.18. The van der Waals surface area contributed by atoms with Gasteiger partial charge >= 0.3 is 0 Å². The number of benzene rings is 7. The number of hydrogen-bond acceptors (Lipinski definition) is 5. The maximum absolute atomic E-state index is 5.42. The van der Waals surface area contributed by atoms with E-state index in [0.29, 0.717) is 5.82 Å². The van der Waals surface area contributed by atoms with Crippen LogP contribution < -0.4 is 0 Å². The number of hydrogen-bond donors (Lipinski definition) is 0. The van der Waals surface area contributed by atoms with Crippen molar-refractivity contribution >= 4 is 63.0 Å². The van der Waals surface area contributed by atoms with Crippen molar-refractivity contribution < 1.29 is 0 Å². The third-order valence-corrected chi connectivity index (χ3v) is 13.0. The van der Waals surface area contributed by atoms with E-state index < -0.39 is 0 Å². The van der Waals surface area contributed by atoms with Crippen LogP contribution in [-0.4, -0.2) is 15.0 Å². The number of rotatable bonds is 6. The molecule has 0 aliphatic carbocycles. The van der Waals surface area contributed by atoms with Crippen molar-refractivity contribution in [2.75, 3.05) is 0 Å². The molecule has 56 heavy (non-hydrogen) atoms. The lowest BCUT2D eigenvalue weighted by Gasteiger charge is -2.15. The van der Waals surface area contributed by atoms with Crippen LogP contribution in [0.4, 0.5) is 0 Å². The van der Waals surface area contributed by atoms with Crippen molar-refractivity contribution in [3.63, 3.8) is 0 Å². The van der Waals surface area contributed by atoms with Gasteiger partial charge in [0.15, 0.2) is 5.82 Å². The summed E-state index contributed by atoms with van der Waals surface area (Å²) in [6.45, 7) is 0. The first kappa shape index (κ1) is 32.6. The summed E-state index contributed by atoms with van der Waals surface area (Å²) >= 11 is 3.71. The Hall–Kier alpha value is -6.79. The van der Waals surface area contributed by atoms with Crippen LogP contribution in [0.3, 0.4) is 0 Å². The van der Waals surface area contributed by atoms with E-state index in [-0.39, 0.29) is 0 Å². The van der Waals surface area contributed by atoms with Crippen LogP contribution in [-0.2, 0) is 0 Å². The Morgan fingerprint density at radius 3 is 1.50 bits per heavy atom. The molecular weight excluding hydrogens is 719 g/mol. The molecule has 0 spiro atoms. The van der Waals surface area contributed by atoms with Gasteiger partial charge in [-0.2, -0.15) is 0 Å². The quantitative estimate of drug-likeness (QED) is 0.170. The van der Waals surface area contributed by atoms with Crippen molar-refractivity contribution in [3.8, 4) is 67.3 Å². The Kier molecular flexibility index (Phi) is 7.87. The fourth-order valence-electron chi connectivity index (χ4n) is 7.97. The zero-order chi connectivity index (χ0) is 37.0. The van der Waals surface area contributed by atoms with Gasteiger partial charge in [-0.3, -0.25) is 4.98 Å². The predicted octanol–water partition coefficient (Wildman–Crippen LogP) is 14.6. The molecule has 0 amide bonds. The molecule has 0 aliphatic rings. The van der Waals surface area contributed by atoms with Gasteiger partial charge < -0.3 is 0 Å². The minimum Gasteiger partial charge on any atom is -0.264 e. The molecule has 0 bridgehead atoms. The zero-order valence-corrected chi connectivity index (χ0v) is 31.7. The highest BCUT2D eigenvalue weighted by Crippen LogP contribution is 2.45. The molecule has 0 saturated carbocycles. The van der Waals surface area contributed by atoms with E-state index in [4.69, 9.17) is 9.97 Å². The molecule has 0 saturated heterocycles. The van der Waals surface area contributed by atoms with Crippen LogP contribution in [0.2, 0.25) is 0 Å². The van der Waals surface area contributed by atoms with Crippen LogP contribution in [0, 0.1) is 0 Å². The van der Waals surface area contributed by atoms with Crippen molar-refractivity contribution in [2.24, 2.45) is 0 Å². The molecule has 4 aromatic heterocycles. The van der Waals surface area contributed by atoms with Gasteiger partial charge in [0, 0.05) is 75.0 Å². The van der Waals surface area contributed by atoms with Gasteiger partial charge in [-0.1, -0.05) is 133 Å². The van der Waals surface area contributed by atoms with Crippen LogP contribution in [0.25, 0.3) is 108 Å². The van der Waals surface area contributed by atoms with Crippen LogP contribution in [0.5, 0.6) is 0 Å². The molecule has 11 rings (SSSR count). The van der Waals surface area contributed by atoms with Crippen molar-refractivity contribution in [1.29, 1.82) is 0 Å². The Morgan fingerprint density at radius 2 is 0.857 bits per heavy atom. The molecule has 4 heterocycles. The summed E-state index contributed by atoms with van der Waals surface area (Å²) < 4.78 is 5.14. The van der Waals surface area contributed by atoms with Gasteiger partial charge in [-0.15, -0.1) is 22.7 Å². The normalized spacial score (nSPS) is 11.6. The lowest BCUT2D eigenvalue weighted by Crippen LogP contribution is -1.98. The third kappa shape index (κ3) is 5.60. The van der Waals surface area contributed by atoms with Gasteiger partial charge in [-0.25, -0.2) is 9.97 Å². The summed E-state index contributed by atoms with van der Waals surface area (Å²) in [5, 5.41) is 5.13. The third-order valence-electron chi connectivity index (χ3n) is 10.6. The molecule has 3 nitrogen and oxygen atoms in total. The largest absolute Gasteiger partial charge is 0.264 e. The molecule has 0 atom stereocenters. The van der Waals surface area contributed by atoms with E-state index in [9.17, 15) is 0 Å². The molecule has 0 fully saturated rings. The highest BCUT2D eigenvalue weighted by molar-refractivity contribution is 7.26. The molecule has 11 aromatic rings. The van der Waals surface area contributed by atoms with Crippen LogP contribution in [0.1, 0.15) is 0 Å². The van der Waals surface area contributed by atoms with E-state index in [1.807, 2.05) is 47.2 Å². The molecule has 0 radical (unpaired) electrons. The van der Waals surface area contributed by atoms with Gasteiger partial charge in [0.25, 0.3) is 0 Å². The number of fused-ring (bicyclic) bond motifs is 6. The van der Waals surface area contributed by atoms with Crippen LogP contribution >= 0.6 is 22.7 Å². The Bertz CT molecular complexity index is 3120. The number of aromatic nitrogens is 3. The Balaban J connectivity index is 1.19. The van der Waals surface area contributed by atoms with Gasteiger partial charge in [-0.05, 0) is 70.3 Å². The smallest absolute Gasteiger partial charge is 0.160 e. The average molecular weight is 750 g/mol. The minimum atomic E-state index is 0.678. The second-order valence-corrected chi connectivity index (χ2v) is 16.1. The topological polar surface area (TPSA) is 38.7 Å². The monoisotopic (exact) mass is 749 g/mol. The zero-order valence-electron chi connectivity index (χ0n) is 30.1. The summed E-state index contributed by atoms with van der Waals surface area (Å²) in [6, 6.07) is 62.8. The molecule has 262 valence electrons. The summed E-state index contributed by atoms with van der Waals surface area (Å²) in [5.41, 5.74) is 11.6. The lowest BCUT2D eigenvalue weighted by atomic mass is 9.94. The van der Waals surface area contributed by atoms with Gasteiger partial charge in [0.05, 0.1) is 11.4 Å². The second kappa shape index (κ2) is 13.5. The maximum atomic E-state index is 5.42. The van der Waals surface area contributed by atoms with E-state index in [1.165, 1.54) is 51.5 Å². The van der Waals surface area contributed by atoms with E-state index in [1.54, 1.807) is 0 Å². The highest BCUT2D eigenvalue weighted by atomic mass is 32.1. The van der Waals surface area contributed by atoms with Crippen molar-refractivity contribution in [2.45, 2.75) is 0 Å². The minimum absolute atomic E-state index is 0.678. The van der Waals surface area contributed by atoms with Gasteiger partial charge in [0.2, 0.25) is 0 Å². The predicted molar refractivity (Wildman–Crippen MR) is 238 cm³/mol. The molecule has 5 heteroatoms. The molecule has 7 aromatic carbocycles. The second-order valence-electron chi connectivity index (χ2n) is 14.0. The Labute approximate surface area is 331 Å². The van der Waals surface area contributed by atoms with Crippen LogP contribution in [0.15, 0.2) is 188 Å². The molecule has 0 unspecified atom stereocenters. The molecular formula is C51H31N3S2. The SMILES string of the molecule is c1ccc(-c2cc(-c3ccccc3-c3cccnc3)nc(-c3cc(-c4cccc5c4sc4ccccc45)cc(-c4cccc5c4sc4ccccc45)c3)n2)cc1. The van der Waals surface area contributed by atoms with Crippen molar-refractivity contribution in [3.05, 3.63) is 188 Å². The summed E-state index contributed by atoms with van der Waals surface area (Å²) in [7, 11) is 0. The van der Waals surface area contributed by atoms with Crippen molar-refractivity contribution in [1.82, 2.24) is 15.0 Å². The van der Waals surface area contributed by atoms with Gasteiger partial charge in [0.1, 0.15) is 0 Å². The number of pyridine rings is 1. The standard InChI is InChI=1S/C51H31N3S2/c1-2-13-32(14-3-1)45-30-46(40-17-5-4-16-37(40)33-15-12-26-52-31-33)54-51(53-45)36-28-34(38-20-10-22-43-41-18-6-8-24-47(41)55-49(38)43)27-35(29-36)39-21-11-23-44-42-19-7-9-25-48(42)56-50(39)44/h1-31H. The van der Waals surface area contributed by atoms with E-state index in [2.05, 4.69) is 169 Å².